The minimum atomic E-state index is -0.817. The summed E-state index contributed by atoms with van der Waals surface area (Å²) >= 11 is 0. The van der Waals surface area contributed by atoms with Crippen molar-refractivity contribution in [3.05, 3.63) is 52.6 Å². The first-order valence-electron chi connectivity index (χ1n) is 11.4. The van der Waals surface area contributed by atoms with Gasteiger partial charge >= 0.3 is 5.97 Å². The van der Waals surface area contributed by atoms with Crippen LogP contribution in [-0.2, 0) is 24.8 Å². The van der Waals surface area contributed by atoms with Gasteiger partial charge in [0.2, 0.25) is 0 Å². The van der Waals surface area contributed by atoms with Gasteiger partial charge in [0.15, 0.2) is 0 Å². The molecule has 0 radical (unpaired) electrons. The van der Waals surface area contributed by atoms with Crippen LogP contribution < -0.4 is 4.74 Å². The highest BCUT2D eigenvalue weighted by Crippen LogP contribution is 2.37. The molecule has 1 atom stereocenters. The zero-order chi connectivity index (χ0) is 22.7. The Bertz CT molecular complexity index is 1110. The van der Waals surface area contributed by atoms with Crippen LogP contribution in [0.3, 0.4) is 0 Å². The molecule has 1 aliphatic rings. The third-order valence-electron chi connectivity index (χ3n) is 6.52. The second-order valence-electron chi connectivity index (χ2n) is 8.67. The third-order valence-corrected chi connectivity index (χ3v) is 6.52. The molecule has 4 rings (SSSR count). The first-order chi connectivity index (χ1) is 15.5. The molecule has 0 saturated carbocycles. The molecule has 0 fully saturated rings. The van der Waals surface area contributed by atoms with Gasteiger partial charge in [0, 0.05) is 26.1 Å². The van der Waals surface area contributed by atoms with Crippen LogP contribution in [0, 0.1) is 0 Å². The Morgan fingerprint density at radius 2 is 2.12 bits per heavy atom. The maximum atomic E-state index is 11.9. The van der Waals surface area contributed by atoms with Crippen molar-refractivity contribution < 1.29 is 14.6 Å². The third kappa shape index (κ3) is 4.48. The smallest absolute Gasteiger partial charge is 0.304 e. The predicted octanol–water partition coefficient (Wildman–Crippen LogP) is 4.13. The summed E-state index contributed by atoms with van der Waals surface area (Å²) in [6.07, 6.45) is 4.68. The van der Waals surface area contributed by atoms with Crippen molar-refractivity contribution in [3.8, 4) is 5.75 Å². The summed E-state index contributed by atoms with van der Waals surface area (Å²) in [5, 5.41) is 18.1. The molecule has 7 nitrogen and oxygen atoms in total. The van der Waals surface area contributed by atoms with Gasteiger partial charge in [0.05, 0.1) is 13.5 Å². The second kappa shape index (κ2) is 9.69. The Hall–Kier alpha value is -2.93. The zero-order valence-corrected chi connectivity index (χ0v) is 19.2. The molecule has 0 saturated heterocycles. The number of unbranched alkanes of at least 4 members (excludes halogenated alkanes) is 2. The SMILES string of the molecule is CCCCCN1CCc2c(cccc2C(CC(=O)O)c2cc(OC)c3c(c2)nnn3C)C1. The van der Waals surface area contributed by atoms with E-state index in [0.29, 0.717) is 11.3 Å². The number of aromatic nitrogens is 3. The minimum absolute atomic E-state index is 0.0194. The van der Waals surface area contributed by atoms with Gasteiger partial charge in [-0.25, -0.2) is 4.68 Å². The Kier molecular flexibility index (Phi) is 6.74. The summed E-state index contributed by atoms with van der Waals surface area (Å²) in [5.41, 5.74) is 6.13. The molecule has 1 aromatic heterocycles. The number of nitrogens with zero attached hydrogens (tertiary/aromatic N) is 4. The first-order valence-corrected chi connectivity index (χ1v) is 11.4. The summed E-state index contributed by atoms with van der Waals surface area (Å²) in [6.45, 7) is 5.30. The standard InChI is InChI=1S/C25H32N4O3/c1-4-5-6-11-29-12-10-19-17(16-29)8-7-9-20(19)21(15-24(30)31)18-13-22-25(23(14-18)32-3)28(2)27-26-22/h7-9,13-14,21H,4-6,10-12,15-16H2,1-3H3,(H,30,31). The number of rotatable bonds is 9. The molecule has 0 amide bonds. The largest absolute Gasteiger partial charge is 0.494 e. The highest BCUT2D eigenvalue weighted by atomic mass is 16.5. The Labute approximate surface area is 189 Å². The lowest BCUT2D eigenvalue weighted by Crippen LogP contribution is -2.32. The molecule has 2 heterocycles. The number of aliphatic carboxylic acids is 1. The highest BCUT2D eigenvalue weighted by molar-refractivity contribution is 5.83. The normalized spacial score (nSPS) is 15.0. The van der Waals surface area contributed by atoms with Crippen molar-refractivity contribution in [1.82, 2.24) is 19.9 Å². The molecule has 0 aliphatic carbocycles. The molecule has 0 spiro atoms. The lowest BCUT2D eigenvalue weighted by molar-refractivity contribution is -0.137. The van der Waals surface area contributed by atoms with Crippen LogP contribution in [-0.4, -0.2) is 51.2 Å². The average Bonchev–Trinajstić information content (AvgIpc) is 3.17. The van der Waals surface area contributed by atoms with E-state index in [4.69, 9.17) is 4.74 Å². The van der Waals surface area contributed by atoms with Gasteiger partial charge in [0.25, 0.3) is 0 Å². The first kappa shape index (κ1) is 22.3. The second-order valence-corrected chi connectivity index (χ2v) is 8.67. The van der Waals surface area contributed by atoms with E-state index in [2.05, 4.69) is 40.3 Å². The van der Waals surface area contributed by atoms with Gasteiger partial charge in [0.1, 0.15) is 16.8 Å². The highest BCUT2D eigenvalue weighted by Gasteiger charge is 2.26. The maximum Gasteiger partial charge on any atom is 0.304 e. The molecule has 170 valence electrons. The molecular formula is C25H32N4O3. The quantitative estimate of drug-likeness (QED) is 0.508. The van der Waals surface area contributed by atoms with E-state index in [-0.39, 0.29) is 12.3 Å². The van der Waals surface area contributed by atoms with E-state index < -0.39 is 5.97 Å². The van der Waals surface area contributed by atoms with Crippen LogP contribution in [0.1, 0.15) is 60.8 Å². The monoisotopic (exact) mass is 436 g/mol. The van der Waals surface area contributed by atoms with Crippen molar-refractivity contribution in [2.24, 2.45) is 7.05 Å². The molecule has 0 bridgehead atoms. The fourth-order valence-electron chi connectivity index (χ4n) is 4.91. The molecule has 32 heavy (non-hydrogen) atoms. The summed E-state index contributed by atoms with van der Waals surface area (Å²) in [5.74, 6) is -0.426. The number of carbonyl (C=O) groups is 1. The topological polar surface area (TPSA) is 80.5 Å². The van der Waals surface area contributed by atoms with Gasteiger partial charge in [-0.1, -0.05) is 43.2 Å². The van der Waals surface area contributed by atoms with Gasteiger partial charge in [-0.3, -0.25) is 9.69 Å². The van der Waals surface area contributed by atoms with Crippen LogP contribution in [0.15, 0.2) is 30.3 Å². The van der Waals surface area contributed by atoms with Gasteiger partial charge < -0.3 is 9.84 Å². The molecule has 3 aromatic rings. The maximum absolute atomic E-state index is 11.9. The van der Waals surface area contributed by atoms with Gasteiger partial charge in [-0.05, 0) is 53.8 Å². The van der Waals surface area contributed by atoms with Crippen LogP contribution in [0.25, 0.3) is 11.0 Å². The fraction of sp³-hybridized carbons (Fsp3) is 0.480. The molecular weight excluding hydrogens is 404 g/mol. The lowest BCUT2D eigenvalue weighted by atomic mass is 9.82. The fourth-order valence-corrected chi connectivity index (χ4v) is 4.91. The molecule has 1 unspecified atom stereocenters. The van der Waals surface area contributed by atoms with E-state index in [1.807, 2.05) is 19.2 Å². The minimum Gasteiger partial charge on any atom is -0.494 e. The van der Waals surface area contributed by atoms with E-state index in [9.17, 15) is 9.90 Å². The van der Waals surface area contributed by atoms with Crippen LogP contribution in [0.5, 0.6) is 5.75 Å². The summed E-state index contributed by atoms with van der Waals surface area (Å²) < 4.78 is 7.30. The van der Waals surface area contributed by atoms with E-state index in [1.165, 1.54) is 30.4 Å². The van der Waals surface area contributed by atoms with Crippen molar-refractivity contribution in [2.45, 2.75) is 51.5 Å². The van der Waals surface area contributed by atoms with Crippen molar-refractivity contribution in [1.29, 1.82) is 0 Å². The number of methoxy groups -OCH3 is 1. The molecule has 7 heteroatoms. The zero-order valence-electron chi connectivity index (χ0n) is 19.2. The Morgan fingerprint density at radius 1 is 1.28 bits per heavy atom. The number of ether oxygens (including phenoxy) is 1. The number of hydrogen-bond acceptors (Lipinski definition) is 5. The van der Waals surface area contributed by atoms with Crippen LogP contribution >= 0.6 is 0 Å². The van der Waals surface area contributed by atoms with Crippen LogP contribution in [0.2, 0.25) is 0 Å². The molecule has 1 N–H and O–H groups in total. The summed E-state index contributed by atoms with van der Waals surface area (Å²) in [7, 11) is 3.45. The van der Waals surface area contributed by atoms with Gasteiger partial charge in [-0.15, -0.1) is 5.10 Å². The average molecular weight is 437 g/mol. The Balaban J connectivity index is 1.72. The van der Waals surface area contributed by atoms with E-state index >= 15 is 0 Å². The lowest BCUT2D eigenvalue weighted by Gasteiger charge is -2.32. The van der Waals surface area contributed by atoms with Gasteiger partial charge in [-0.2, -0.15) is 0 Å². The number of benzene rings is 2. The van der Waals surface area contributed by atoms with Crippen LogP contribution in [0.4, 0.5) is 0 Å². The number of fused-ring (bicyclic) bond motifs is 2. The molecule has 2 aromatic carbocycles. The van der Waals surface area contributed by atoms with E-state index in [0.717, 1.165) is 42.7 Å². The van der Waals surface area contributed by atoms with Crippen molar-refractivity contribution >= 4 is 17.0 Å². The Morgan fingerprint density at radius 3 is 2.88 bits per heavy atom. The van der Waals surface area contributed by atoms with Crippen molar-refractivity contribution in [2.75, 3.05) is 20.2 Å². The summed E-state index contributed by atoms with van der Waals surface area (Å²) in [4.78, 5) is 14.4. The number of carboxylic acid groups (broad SMARTS) is 1. The van der Waals surface area contributed by atoms with E-state index in [1.54, 1.807) is 11.8 Å². The summed E-state index contributed by atoms with van der Waals surface area (Å²) in [6, 6.07) is 10.2. The number of hydrogen-bond donors (Lipinski definition) is 1. The molecule has 1 aliphatic heterocycles. The number of aryl methyl sites for hydroxylation is 1. The predicted molar refractivity (Wildman–Crippen MR) is 124 cm³/mol. The van der Waals surface area contributed by atoms with Crippen molar-refractivity contribution in [3.63, 3.8) is 0 Å². The number of carboxylic acids is 1.